The van der Waals surface area contributed by atoms with Gasteiger partial charge in [0.15, 0.2) is 0 Å². The van der Waals surface area contributed by atoms with Crippen LogP contribution in [0.3, 0.4) is 0 Å². The van der Waals surface area contributed by atoms with Gasteiger partial charge in [0.25, 0.3) is 16.7 Å². The van der Waals surface area contributed by atoms with E-state index < -0.39 is 10.2 Å². The number of hydrogen-bond acceptors (Lipinski definition) is 3. The lowest BCUT2D eigenvalue weighted by Gasteiger charge is -1.72. The summed E-state index contributed by atoms with van der Waals surface area (Å²) < 4.78 is 18.4. The molecule has 7 heteroatoms. The molecule has 0 aliphatic rings. The second-order valence-corrected chi connectivity index (χ2v) is 1.87. The minimum atomic E-state index is -3.67. The van der Waals surface area contributed by atoms with Crippen LogP contribution in [-0.2, 0) is 15.0 Å². The number of carbonyl (C=O) groups is 1. The number of rotatable bonds is 0. The lowest BCUT2D eigenvalue weighted by atomic mass is 11.7. The Hall–Kier alpha value is -0.660. The van der Waals surface area contributed by atoms with E-state index in [0.717, 1.165) is 0 Å². The van der Waals surface area contributed by atoms with E-state index in [1.807, 2.05) is 0 Å². The van der Waals surface area contributed by atoms with Gasteiger partial charge in [-0.05, 0) is 0 Å². The van der Waals surface area contributed by atoms with Crippen molar-refractivity contribution in [1.29, 1.82) is 0 Å². The molecule has 0 aliphatic heterocycles. The summed E-state index contributed by atoms with van der Waals surface area (Å²) in [5.41, 5.74) is 0. The van der Waals surface area contributed by atoms with Crippen LogP contribution in [0.5, 0.6) is 0 Å². The van der Waals surface area contributed by atoms with E-state index in [1.54, 1.807) is 0 Å². The second-order valence-electron chi connectivity index (χ2n) is 0.694. The van der Waals surface area contributed by atoms with Crippen LogP contribution >= 0.6 is 0 Å². The van der Waals surface area contributed by atoms with Gasteiger partial charge in [-0.1, -0.05) is 0 Å². The summed E-state index contributed by atoms with van der Waals surface area (Å²) in [4.78, 5) is 8.36. The van der Waals surface area contributed by atoms with Crippen LogP contribution in [0.25, 0.3) is 0 Å². The maximum atomic E-state index is 9.19. The van der Waals surface area contributed by atoms with E-state index in [0.29, 0.717) is 0 Å². The molecule has 0 rings (SSSR count). The van der Waals surface area contributed by atoms with Crippen molar-refractivity contribution in [2.75, 3.05) is 0 Å². The molecule has 0 radical (unpaired) electrons. The van der Waals surface area contributed by atoms with Crippen LogP contribution in [0.2, 0.25) is 0 Å². The average molecular weight is 142 g/mol. The van der Waals surface area contributed by atoms with E-state index in [9.17, 15) is 8.42 Å². The van der Waals surface area contributed by atoms with Crippen molar-refractivity contribution in [3.63, 3.8) is 0 Å². The number of hydrogen-bond donors (Lipinski definition) is 3. The third kappa shape index (κ3) is 231. The first-order chi connectivity index (χ1) is 3.41. The highest BCUT2D eigenvalue weighted by atomic mass is 32.2. The van der Waals surface area contributed by atoms with Crippen molar-refractivity contribution in [2.24, 2.45) is 10.3 Å². The number of nitrogens with two attached hydrogens (primary N) is 2. The van der Waals surface area contributed by atoms with Crippen molar-refractivity contribution < 1.29 is 18.3 Å². The highest BCUT2D eigenvalue weighted by Gasteiger charge is 1.78. The standard InChI is InChI=1S/CH2O2.H4N2O2S/c2-1-3;1-5(2,3)4/h1H,(H,2,3);(H4,1,2,3,4). The van der Waals surface area contributed by atoms with Crippen molar-refractivity contribution in [2.45, 2.75) is 0 Å². The maximum Gasteiger partial charge on any atom is 0.290 e. The largest absolute Gasteiger partial charge is 0.483 e. The molecule has 0 saturated heterocycles. The van der Waals surface area contributed by atoms with Gasteiger partial charge >= 0.3 is 0 Å². The first-order valence-electron chi connectivity index (χ1n) is 1.30. The van der Waals surface area contributed by atoms with Crippen molar-refractivity contribution in [3.8, 4) is 0 Å². The molecule has 6 nitrogen and oxygen atoms in total. The first-order valence-corrected chi connectivity index (χ1v) is 2.91. The molecule has 0 fully saturated rings. The Labute approximate surface area is 46.3 Å². The van der Waals surface area contributed by atoms with E-state index in [-0.39, 0.29) is 6.47 Å². The molecular formula is CH6N2O4S. The minimum absolute atomic E-state index is 0.250. The highest BCUT2D eigenvalue weighted by molar-refractivity contribution is 7.86. The van der Waals surface area contributed by atoms with Gasteiger partial charge in [-0.25, -0.2) is 10.3 Å². The van der Waals surface area contributed by atoms with Gasteiger partial charge in [0, 0.05) is 0 Å². The Balaban J connectivity index is 0. The zero-order valence-corrected chi connectivity index (χ0v) is 4.63. The Bertz CT molecular complexity index is 128. The lowest BCUT2D eigenvalue weighted by molar-refractivity contribution is -0.122. The van der Waals surface area contributed by atoms with E-state index in [1.165, 1.54) is 0 Å². The molecular weight excluding hydrogens is 136 g/mol. The van der Waals surface area contributed by atoms with Gasteiger partial charge in [-0.3, -0.25) is 4.79 Å². The highest BCUT2D eigenvalue weighted by Crippen LogP contribution is 1.40. The molecule has 0 heterocycles. The predicted molar refractivity (Wildman–Crippen MR) is 26.0 cm³/mol. The topological polar surface area (TPSA) is 123 Å². The Morgan fingerprint density at radius 2 is 1.38 bits per heavy atom. The van der Waals surface area contributed by atoms with E-state index in [4.69, 9.17) is 9.90 Å². The molecule has 8 heavy (non-hydrogen) atoms. The normalized spacial score (nSPS) is 8.75. The fourth-order valence-electron chi connectivity index (χ4n) is 0. The van der Waals surface area contributed by atoms with Gasteiger partial charge < -0.3 is 5.11 Å². The summed E-state index contributed by atoms with van der Waals surface area (Å²) in [5, 5.41) is 15.1. The fraction of sp³-hybridized carbons (Fsp3) is 0. The van der Waals surface area contributed by atoms with Crippen LogP contribution < -0.4 is 10.3 Å². The van der Waals surface area contributed by atoms with Crippen LogP contribution in [0, 0.1) is 0 Å². The Kier molecular flexibility index (Phi) is 5.82. The molecule has 0 amide bonds. The van der Waals surface area contributed by atoms with Gasteiger partial charge in [0.05, 0.1) is 0 Å². The second kappa shape index (κ2) is 4.50. The molecule has 50 valence electrons. The summed E-state index contributed by atoms with van der Waals surface area (Å²) in [6.07, 6.45) is 0. The van der Waals surface area contributed by atoms with Gasteiger partial charge in [0.2, 0.25) is 0 Å². The summed E-state index contributed by atoms with van der Waals surface area (Å²) in [5.74, 6) is 0. The van der Waals surface area contributed by atoms with Crippen LogP contribution in [0.15, 0.2) is 0 Å². The molecule has 0 saturated carbocycles. The predicted octanol–water partition coefficient (Wildman–Crippen LogP) is -2.15. The molecule has 0 aromatic carbocycles. The molecule has 0 unspecified atom stereocenters. The van der Waals surface area contributed by atoms with Crippen LogP contribution in [0.1, 0.15) is 0 Å². The van der Waals surface area contributed by atoms with Gasteiger partial charge in [-0.15, -0.1) is 0 Å². The third-order valence-corrected chi connectivity index (χ3v) is 0. The zero-order valence-electron chi connectivity index (χ0n) is 3.81. The molecule has 0 atom stereocenters. The van der Waals surface area contributed by atoms with Gasteiger partial charge in [0.1, 0.15) is 0 Å². The first kappa shape index (κ1) is 10.3. The minimum Gasteiger partial charge on any atom is -0.483 e. The van der Waals surface area contributed by atoms with Gasteiger partial charge in [-0.2, -0.15) is 8.42 Å². The summed E-state index contributed by atoms with van der Waals surface area (Å²) >= 11 is 0. The molecule has 0 bridgehead atoms. The Morgan fingerprint density at radius 3 is 1.38 bits per heavy atom. The molecule has 0 aromatic heterocycles. The molecule has 0 aliphatic carbocycles. The van der Waals surface area contributed by atoms with E-state index in [2.05, 4.69) is 10.3 Å². The SMILES string of the molecule is NS(N)(=O)=O.O=CO. The smallest absolute Gasteiger partial charge is 0.290 e. The number of carboxylic acid groups (broad SMARTS) is 1. The monoisotopic (exact) mass is 142 g/mol. The molecule has 0 spiro atoms. The maximum absolute atomic E-state index is 9.19. The average Bonchev–Trinajstić information content (AvgIpc) is 1.27. The van der Waals surface area contributed by atoms with E-state index >= 15 is 0 Å². The van der Waals surface area contributed by atoms with Crippen molar-refractivity contribution >= 4 is 16.7 Å². The van der Waals surface area contributed by atoms with Crippen molar-refractivity contribution in [1.82, 2.24) is 0 Å². The fourth-order valence-corrected chi connectivity index (χ4v) is 0. The van der Waals surface area contributed by atoms with Crippen molar-refractivity contribution in [3.05, 3.63) is 0 Å². The third-order valence-electron chi connectivity index (χ3n) is 0. The molecule has 0 aromatic rings. The van der Waals surface area contributed by atoms with Crippen LogP contribution in [0.4, 0.5) is 0 Å². The lowest BCUT2D eigenvalue weighted by Crippen LogP contribution is -2.21. The summed E-state index contributed by atoms with van der Waals surface area (Å²) in [6.45, 7) is -0.250. The summed E-state index contributed by atoms with van der Waals surface area (Å²) in [6, 6.07) is 0. The van der Waals surface area contributed by atoms with Crippen LogP contribution in [-0.4, -0.2) is 20.0 Å². The zero-order chi connectivity index (χ0) is 7.21. The summed E-state index contributed by atoms with van der Waals surface area (Å²) in [7, 11) is -3.67. The molecule has 5 N–H and O–H groups in total. The Morgan fingerprint density at radius 1 is 1.38 bits per heavy atom. The quantitative estimate of drug-likeness (QED) is 0.333.